The van der Waals surface area contributed by atoms with Crippen LogP contribution in [0.3, 0.4) is 0 Å². The lowest BCUT2D eigenvalue weighted by Crippen LogP contribution is -2.49. The molecule has 5 rings (SSSR count). The summed E-state index contributed by atoms with van der Waals surface area (Å²) >= 11 is 0. The van der Waals surface area contributed by atoms with Crippen LogP contribution in [0.4, 0.5) is 8.78 Å². The molecule has 2 amide bonds. The molecule has 2 atom stereocenters. The van der Waals surface area contributed by atoms with Crippen molar-refractivity contribution in [2.45, 2.75) is 83.0 Å². The molecule has 11 heteroatoms. The Hall–Kier alpha value is -3.24. The van der Waals surface area contributed by atoms with E-state index in [-0.39, 0.29) is 48.5 Å². The summed E-state index contributed by atoms with van der Waals surface area (Å²) in [6.07, 6.45) is 6.31. The molecular weight excluding hydrogens is 460 g/mol. The third kappa shape index (κ3) is 4.32. The van der Waals surface area contributed by atoms with Crippen molar-refractivity contribution in [3.63, 3.8) is 0 Å². The zero-order valence-electron chi connectivity index (χ0n) is 19.7. The monoisotopic (exact) mass is 489 g/mol. The molecule has 1 saturated carbocycles. The fourth-order valence-corrected chi connectivity index (χ4v) is 5.29. The molecular formula is C24H29F2N5O4. The fraction of sp³-hybridized carbons (Fsp3) is 0.583. The molecule has 9 nitrogen and oxygen atoms in total. The van der Waals surface area contributed by atoms with E-state index in [1.807, 2.05) is 13.8 Å². The van der Waals surface area contributed by atoms with Crippen LogP contribution in [0, 0.1) is 5.92 Å². The summed E-state index contributed by atoms with van der Waals surface area (Å²) < 4.78 is 30.3. The highest BCUT2D eigenvalue weighted by atomic mass is 19.3. The zero-order valence-corrected chi connectivity index (χ0v) is 19.7. The van der Waals surface area contributed by atoms with Crippen LogP contribution in [-0.2, 0) is 11.3 Å². The van der Waals surface area contributed by atoms with E-state index in [1.54, 1.807) is 4.90 Å². The van der Waals surface area contributed by atoms with Crippen molar-refractivity contribution >= 4 is 23.5 Å². The molecule has 2 aromatic rings. The van der Waals surface area contributed by atoms with Crippen molar-refractivity contribution in [1.29, 1.82) is 0 Å². The van der Waals surface area contributed by atoms with E-state index in [0.29, 0.717) is 18.4 Å². The molecule has 3 aliphatic rings. The molecule has 2 unspecified atom stereocenters. The normalized spacial score (nSPS) is 23.5. The van der Waals surface area contributed by atoms with E-state index in [2.05, 4.69) is 10.4 Å². The third-order valence-electron chi connectivity index (χ3n) is 6.95. The lowest BCUT2D eigenvalue weighted by atomic mass is 9.98. The highest BCUT2D eigenvalue weighted by Gasteiger charge is 2.50. The van der Waals surface area contributed by atoms with Crippen molar-refractivity contribution in [1.82, 2.24) is 24.4 Å². The summed E-state index contributed by atoms with van der Waals surface area (Å²) in [6, 6.07) is -0.969. The first-order valence-corrected chi connectivity index (χ1v) is 12.1. The maximum absolute atomic E-state index is 13.9. The number of alkyl halides is 2. The number of piperidine rings is 1. The van der Waals surface area contributed by atoms with E-state index < -0.39 is 35.4 Å². The van der Waals surface area contributed by atoms with Gasteiger partial charge >= 0.3 is 0 Å². The number of halogens is 2. The summed E-state index contributed by atoms with van der Waals surface area (Å²) in [7, 11) is 0. The minimum Gasteiger partial charge on any atom is -0.492 e. The predicted molar refractivity (Wildman–Crippen MR) is 123 cm³/mol. The summed E-state index contributed by atoms with van der Waals surface area (Å²) in [5.41, 5.74) is -0.359. The Balaban J connectivity index is 1.50. The van der Waals surface area contributed by atoms with Gasteiger partial charge in [-0.3, -0.25) is 19.0 Å². The smallest absolute Gasteiger partial charge is 0.270 e. The summed E-state index contributed by atoms with van der Waals surface area (Å²) in [5.74, 6) is -4.28. The molecule has 1 aliphatic carbocycles. The summed E-state index contributed by atoms with van der Waals surface area (Å²) in [6.45, 7) is 4.09. The SMILES string of the molecule is CC(C)Cn1c(=O)c(C(=O)NC2CC2)c(O)n2ncc(C=CC(=O)N3C4CCC3CC(F)(F)C4)c12. The number of aromatic hydroxyl groups is 1. The van der Waals surface area contributed by atoms with Crippen LogP contribution in [0.1, 0.15) is 68.3 Å². The molecule has 0 aromatic carbocycles. The van der Waals surface area contributed by atoms with E-state index >= 15 is 0 Å². The van der Waals surface area contributed by atoms with Crippen molar-refractivity contribution < 1.29 is 23.5 Å². The van der Waals surface area contributed by atoms with Crippen LogP contribution in [0.5, 0.6) is 5.88 Å². The van der Waals surface area contributed by atoms with Crippen molar-refractivity contribution in [2.75, 3.05) is 0 Å². The van der Waals surface area contributed by atoms with E-state index in [1.165, 1.54) is 22.9 Å². The maximum Gasteiger partial charge on any atom is 0.270 e. The fourth-order valence-electron chi connectivity index (χ4n) is 5.29. The number of nitrogens with one attached hydrogen (secondary N) is 1. The summed E-state index contributed by atoms with van der Waals surface area (Å²) in [5, 5.41) is 17.7. The predicted octanol–water partition coefficient (Wildman–Crippen LogP) is 2.55. The molecule has 2 N–H and O–H groups in total. The van der Waals surface area contributed by atoms with Gasteiger partial charge in [0.1, 0.15) is 5.65 Å². The van der Waals surface area contributed by atoms with E-state index in [4.69, 9.17) is 0 Å². The Morgan fingerprint density at radius 1 is 1.23 bits per heavy atom. The van der Waals surface area contributed by atoms with Crippen molar-refractivity contribution in [3.05, 3.63) is 33.8 Å². The average molecular weight is 490 g/mol. The van der Waals surface area contributed by atoms with Crippen molar-refractivity contribution in [3.8, 4) is 5.88 Å². The second kappa shape index (κ2) is 8.46. The van der Waals surface area contributed by atoms with Gasteiger partial charge in [0.15, 0.2) is 5.56 Å². The maximum atomic E-state index is 13.9. The largest absolute Gasteiger partial charge is 0.492 e. The van der Waals surface area contributed by atoms with Gasteiger partial charge < -0.3 is 15.3 Å². The molecule has 188 valence electrons. The van der Waals surface area contributed by atoms with Gasteiger partial charge in [0.05, 0.1) is 6.20 Å². The molecule has 0 spiro atoms. The number of hydrogen-bond acceptors (Lipinski definition) is 5. The van der Waals surface area contributed by atoms with Crippen LogP contribution in [0.2, 0.25) is 0 Å². The molecule has 35 heavy (non-hydrogen) atoms. The van der Waals surface area contributed by atoms with Crippen LogP contribution in [-0.4, -0.2) is 60.1 Å². The topological polar surface area (TPSA) is 109 Å². The highest BCUT2D eigenvalue weighted by Crippen LogP contribution is 2.43. The molecule has 2 aromatic heterocycles. The van der Waals surface area contributed by atoms with Crippen LogP contribution in [0.15, 0.2) is 17.1 Å². The molecule has 2 bridgehead atoms. The number of carbonyl (C=O) groups excluding carboxylic acids is 2. The van der Waals surface area contributed by atoms with E-state index in [9.17, 15) is 28.3 Å². The number of aromatic nitrogens is 3. The lowest BCUT2D eigenvalue weighted by molar-refractivity contribution is -0.139. The lowest BCUT2D eigenvalue weighted by Gasteiger charge is -2.38. The van der Waals surface area contributed by atoms with Gasteiger partial charge in [-0.05, 0) is 37.7 Å². The number of nitrogens with zero attached hydrogens (tertiary/aromatic N) is 4. The number of amides is 2. The third-order valence-corrected chi connectivity index (χ3v) is 6.95. The van der Waals surface area contributed by atoms with E-state index in [0.717, 1.165) is 17.4 Å². The van der Waals surface area contributed by atoms with Gasteiger partial charge in [-0.1, -0.05) is 13.8 Å². The molecule has 2 aliphatic heterocycles. The Labute approximate surface area is 200 Å². The Bertz CT molecular complexity index is 1260. The first-order valence-electron chi connectivity index (χ1n) is 12.1. The number of rotatable bonds is 6. The van der Waals surface area contributed by atoms with Crippen molar-refractivity contribution in [2.24, 2.45) is 5.92 Å². The zero-order chi connectivity index (χ0) is 25.1. The average Bonchev–Trinajstić information content (AvgIpc) is 3.39. The van der Waals surface area contributed by atoms with Gasteiger partial charge in [-0.2, -0.15) is 9.61 Å². The quantitative estimate of drug-likeness (QED) is 0.607. The Kier molecular flexibility index (Phi) is 5.68. The minimum absolute atomic E-state index is 0.00250. The van der Waals surface area contributed by atoms with Gasteiger partial charge in [-0.15, -0.1) is 0 Å². The Morgan fingerprint density at radius 3 is 2.49 bits per heavy atom. The molecule has 0 radical (unpaired) electrons. The first kappa shape index (κ1) is 23.5. The highest BCUT2D eigenvalue weighted by molar-refractivity contribution is 5.97. The molecule has 4 heterocycles. The Morgan fingerprint density at radius 2 is 1.89 bits per heavy atom. The summed E-state index contributed by atoms with van der Waals surface area (Å²) in [4.78, 5) is 40.5. The minimum atomic E-state index is -2.75. The first-order chi connectivity index (χ1) is 16.6. The van der Waals surface area contributed by atoms with Crippen LogP contribution < -0.4 is 10.9 Å². The number of hydrogen-bond donors (Lipinski definition) is 2. The van der Waals surface area contributed by atoms with Gasteiger partial charge in [0.2, 0.25) is 11.8 Å². The standard InChI is InChI=1S/C24H29F2N5O4/c1-13(2)12-29-21-14(3-8-18(32)30-16-6-7-17(30)10-24(25,26)9-16)11-27-31(21)23(35)19(22(29)34)20(33)28-15-4-5-15/h3,8,11,13,15-17,35H,4-7,9-10,12H2,1-2H3,(H,28,33). The number of carbonyl (C=O) groups is 2. The second-order valence-electron chi connectivity index (χ2n) is 10.3. The molecule has 3 fully saturated rings. The van der Waals surface area contributed by atoms with Crippen LogP contribution >= 0.6 is 0 Å². The molecule has 2 saturated heterocycles. The second-order valence-corrected chi connectivity index (χ2v) is 10.3. The van der Waals surface area contributed by atoms with Gasteiger partial charge in [-0.25, -0.2) is 8.78 Å². The number of fused-ring (bicyclic) bond motifs is 3. The van der Waals surface area contributed by atoms with Crippen LogP contribution in [0.25, 0.3) is 11.7 Å². The van der Waals surface area contributed by atoms with Gasteiger partial charge in [0, 0.05) is 49.2 Å². The van der Waals surface area contributed by atoms with Gasteiger partial charge in [0.25, 0.3) is 17.4 Å².